The number of fused-ring (bicyclic) bond motifs is 1. The van der Waals surface area contributed by atoms with Gasteiger partial charge in [0.05, 0.1) is 0 Å². The average Bonchev–Trinajstić information content (AvgIpc) is 3.10. The van der Waals surface area contributed by atoms with Crippen LogP contribution in [0.5, 0.6) is 0 Å². The van der Waals surface area contributed by atoms with Gasteiger partial charge in [-0.05, 0) is 61.9 Å². The lowest BCUT2D eigenvalue weighted by Gasteiger charge is -2.50. The van der Waals surface area contributed by atoms with Gasteiger partial charge in [-0.2, -0.15) is 0 Å². The number of carboxylic acid groups (broad SMARTS) is 1. The molecule has 1 atom stereocenters. The molecule has 1 aliphatic carbocycles. The van der Waals surface area contributed by atoms with E-state index in [-0.39, 0.29) is 30.4 Å². The molecule has 2 aromatic rings. The first-order chi connectivity index (χ1) is 17.7. The first kappa shape index (κ1) is 25.7. The van der Waals surface area contributed by atoms with Crippen LogP contribution in [0, 0.1) is 0 Å². The molecule has 10 heteroatoms. The Morgan fingerprint density at radius 1 is 1.05 bits per heavy atom. The lowest BCUT2D eigenvalue weighted by atomic mass is 9.79. The third-order valence-corrected chi connectivity index (χ3v) is 8.51. The Morgan fingerprint density at radius 2 is 1.76 bits per heavy atom. The SMILES string of the molecule is CN(C(=O)N(C1CCC1)C1(Cc2cccc(Cl)c2)C(=O)Nc2cc(Cl)ccc21)C1CCN(C(=O)O)CC1. The molecule has 2 heterocycles. The molecule has 0 bridgehead atoms. The number of piperidine rings is 1. The number of nitrogens with zero attached hydrogens (tertiary/aromatic N) is 3. The number of urea groups is 1. The van der Waals surface area contributed by atoms with Crippen molar-refractivity contribution in [3.63, 3.8) is 0 Å². The van der Waals surface area contributed by atoms with Crippen molar-refractivity contribution in [1.29, 1.82) is 0 Å². The molecule has 0 spiro atoms. The molecule has 4 amide bonds. The number of rotatable bonds is 5. The second-order valence-corrected chi connectivity index (χ2v) is 11.0. The van der Waals surface area contributed by atoms with Gasteiger partial charge in [-0.3, -0.25) is 4.79 Å². The minimum atomic E-state index is -1.27. The van der Waals surface area contributed by atoms with Crippen LogP contribution in [0.2, 0.25) is 10.0 Å². The molecule has 8 nitrogen and oxygen atoms in total. The maximum atomic E-state index is 14.4. The van der Waals surface area contributed by atoms with Crippen molar-refractivity contribution in [3.05, 3.63) is 63.6 Å². The van der Waals surface area contributed by atoms with Crippen molar-refractivity contribution in [1.82, 2.24) is 14.7 Å². The summed E-state index contributed by atoms with van der Waals surface area (Å²) in [5, 5.41) is 13.4. The van der Waals surface area contributed by atoms with Crippen LogP contribution < -0.4 is 5.32 Å². The Labute approximate surface area is 226 Å². The second-order valence-electron chi connectivity index (χ2n) is 10.2. The quantitative estimate of drug-likeness (QED) is 0.524. The lowest BCUT2D eigenvalue weighted by molar-refractivity contribution is -0.129. The molecular formula is C27H30Cl2N4O4. The van der Waals surface area contributed by atoms with E-state index in [2.05, 4.69) is 5.32 Å². The van der Waals surface area contributed by atoms with Crippen molar-refractivity contribution in [2.24, 2.45) is 0 Å². The van der Waals surface area contributed by atoms with Gasteiger partial charge < -0.3 is 25.1 Å². The fraction of sp³-hybridized carbons (Fsp3) is 0.444. The number of amides is 4. The fourth-order valence-corrected chi connectivity index (χ4v) is 6.20. The molecule has 1 unspecified atom stereocenters. The molecule has 1 saturated heterocycles. The summed E-state index contributed by atoms with van der Waals surface area (Å²) in [5.74, 6) is -0.265. The minimum absolute atomic E-state index is 0.0966. The highest BCUT2D eigenvalue weighted by atomic mass is 35.5. The summed E-state index contributed by atoms with van der Waals surface area (Å²) in [6.07, 6.45) is 3.02. The average molecular weight is 545 g/mol. The van der Waals surface area contributed by atoms with E-state index in [1.54, 1.807) is 35.0 Å². The molecule has 0 aromatic heterocycles. The van der Waals surface area contributed by atoms with E-state index >= 15 is 0 Å². The molecule has 2 aliphatic heterocycles. The number of anilines is 1. The van der Waals surface area contributed by atoms with E-state index in [1.165, 1.54) is 4.90 Å². The van der Waals surface area contributed by atoms with Crippen LogP contribution in [0.4, 0.5) is 15.3 Å². The second kappa shape index (κ2) is 10.1. The van der Waals surface area contributed by atoms with Crippen LogP contribution in [-0.4, -0.2) is 70.1 Å². The third-order valence-electron chi connectivity index (χ3n) is 8.04. The van der Waals surface area contributed by atoms with Gasteiger partial charge in [0.2, 0.25) is 0 Å². The van der Waals surface area contributed by atoms with Crippen LogP contribution in [0.1, 0.15) is 43.2 Å². The smallest absolute Gasteiger partial charge is 0.407 e. The highest BCUT2D eigenvalue weighted by Gasteiger charge is 2.56. The summed E-state index contributed by atoms with van der Waals surface area (Å²) in [6.45, 7) is 0.743. The van der Waals surface area contributed by atoms with Gasteiger partial charge in [0, 0.05) is 59.9 Å². The van der Waals surface area contributed by atoms with E-state index in [0.717, 1.165) is 30.4 Å². The minimum Gasteiger partial charge on any atom is -0.465 e. The van der Waals surface area contributed by atoms with Crippen molar-refractivity contribution in [2.75, 3.05) is 25.5 Å². The maximum Gasteiger partial charge on any atom is 0.407 e. The van der Waals surface area contributed by atoms with E-state index < -0.39 is 11.6 Å². The zero-order chi connectivity index (χ0) is 26.3. The highest BCUT2D eigenvalue weighted by molar-refractivity contribution is 6.31. The largest absolute Gasteiger partial charge is 0.465 e. The highest BCUT2D eigenvalue weighted by Crippen LogP contribution is 2.48. The first-order valence-corrected chi connectivity index (χ1v) is 13.4. The Hall–Kier alpha value is -2.97. The Bertz CT molecular complexity index is 1230. The topological polar surface area (TPSA) is 93.2 Å². The van der Waals surface area contributed by atoms with Gasteiger partial charge in [-0.15, -0.1) is 0 Å². The van der Waals surface area contributed by atoms with Crippen LogP contribution in [-0.2, 0) is 16.8 Å². The summed E-state index contributed by atoms with van der Waals surface area (Å²) in [6, 6.07) is 12.3. The van der Waals surface area contributed by atoms with Gasteiger partial charge in [0.25, 0.3) is 5.91 Å². The molecule has 5 rings (SSSR count). The summed E-state index contributed by atoms with van der Waals surface area (Å²) in [7, 11) is 1.76. The maximum absolute atomic E-state index is 14.4. The van der Waals surface area contributed by atoms with E-state index in [1.807, 2.05) is 24.3 Å². The molecule has 196 valence electrons. The molecule has 2 aromatic carbocycles. The molecule has 3 aliphatic rings. The Morgan fingerprint density at radius 3 is 2.38 bits per heavy atom. The van der Waals surface area contributed by atoms with Crippen molar-refractivity contribution in [2.45, 2.75) is 56.1 Å². The molecule has 37 heavy (non-hydrogen) atoms. The Balaban J connectivity index is 1.56. The standard InChI is InChI=1S/C27H30Cl2N4O4/c1-31(20-10-12-32(13-11-20)26(36)37)25(35)33(21-6-3-7-21)27(16-17-4-2-5-18(28)14-17)22-9-8-19(29)15-23(22)30-24(27)34/h2,4-5,8-9,14-15,20-21H,3,6-7,10-13,16H2,1H3,(H,30,34)(H,36,37). The predicted octanol–water partition coefficient (Wildman–Crippen LogP) is 5.43. The zero-order valence-electron chi connectivity index (χ0n) is 20.6. The number of carbonyl (C=O) groups excluding carboxylic acids is 2. The summed E-state index contributed by atoms with van der Waals surface area (Å²) in [4.78, 5) is 44.6. The summed E-state index contributed by atoms with van der Waals surface area (Å²) >= 11 is 12.6. The predicted molar refractivity (Wildman–Crippen MR) is 142 cm³/mol. The third kappa shape index (κ3) is 4.61. The van der Waals surface area contributed by atoms with Gasteiger partial charge >= 0.3 is 12.1 Å². The number of hydrogen-bond donors (Lipinski definition) is 2. The van der Waals surface area contributed by atoms with Gasteiger partial charge in [-0.1, -0.05) is 41.4 Å². The van der Waals surface area contributed by atoms with E-state index in [9.17, 15) is 19.5 Å². The number of halogens is 2. The van der Waals surface area contributed by atoms with Crippen molar-refractivity contribution in [3.8, 4) is 0 Å². The number of nitrogens with one attached hydrogen (secondary N) is 1. The molecule has 2 N–H and O–H groups in total. The van der Waals surface area contributed by atoms with E-state index in [4.69, 9.17) is 23.2 Å². The van der Waals surface area contributed by atoms with Gasteiger partial charge in [0.15, 0.2) is 5.54 Å². The zero-order valence-corrected chi connectivity index (χ0v) is 22.1. The number of benzene rings is 2. The first-order valence-electron chi connectivity index (χ1n) is 12.6. The monoisotopic (exact) mass is 544 g/mol. The van der Waals surface area contributed by atoms with Crippen LogP contribution >= 0.6 is 23.2 Å². The van der Waals surface area contributed by atoms with Crippen molar-refractivity contribution >= 4 is 46.9 Å². The summed E-state index contributed by atoms with van der Waals surface area (Å²) in [5.41, 5.74) is 0.897. The van der Waals surface area contributed by atoms with Gasteiger partial charge in [-0.25, -0.2) is 9.59 Å². The molecule has 2 fully saturated rings. The van der Waals surface area contributed by atoms with Crippen LogP contribution in [0.15, 0.2) is 42.5 Å². The molecule has 0 radical (unpaired) electrons. The molecule has 1 saturated carbocycles. The number of hydrogen-bond acceptors (Lipinski definition) is 3. The normalized spacial score (nSPS) is 21.7. The Kier molecular flexibility index (Phi) is 6.98. The van der Waals surface area contributed by atoms with Crippen molar-refractivity contribution < 1.29 is 19.5 Å². The number of likely N-dealkylation sites (tertiary alicyclic amines) is 1. The van der Waals surface area contributed by atoms with Gasteiger partial charge in [0.1, 0.15) is 0 Å². The summed E-state index contributed by atoms with van der Waals surface area (Å²) < 4.78 is 0. The molecular weight excluding hydrogens is 515 g/mol. The van der Waals surface area contributed by atoms with Crippen LogP contribution in [0.25, 0.3) is 0 Å². The number of carbonyl (C=O) groups is 3. The fourth-order valence-electron chi connectivity index (χ4n) is 5.82. The van der Waals surface area contributed by atoms with E-state index in [0.29, 0.717) is 41.7 Å². The van der Waals surface area contributed by atoms with Crippen LogP contribution in [0.3, 0.4) is 0 Å². The lowest BCUT2D eigenvalue weighted by Crippen LogP contribution is -2.64.